The van der Waals surface area contributed by atoms with Gasteiger partial charge in [0.05, 0.1) is 19.5 Å². The Morgan fingerprint density at radius 2 is 1.56 bits per heavy atom. The number of fused-ring (bicyclic) bond motifs is 1. The molecule has 2 unspecified atom stereocenters. The third-order valence-corrected chi connectivity index (χ3v) is 9.48. The molecular formula is C21H30KN7O14P2. The number of ether oxygens (including phenoxy) is 2. The van der Waals surface area contributed by atoms with E-state index >= 15 is 0 Å². The Morgan fingerprint density at radius 1 is 0.978 bits per heavy atom. The molecule has 0 bridgehead atoms. The van der Waals surface area contributed by atoms with Crippen molar-refractivity contribution >= 4 is 38.5 Å². The number of imidazole rings is 1. The summed E-state index contributed by atoms with van der Waals surface area (Å²) in [6.07, 6.45) is -4.88. The van der Waals surface area contributed by atoms with E-state index in [1.54, 1.807) is 6.08 Å². The molecule has 3 aliphatic heterocycles. The first-order valence-electron chi connectivity index (χ1n) is 12.7. The number of aliphatic hydroxyl groups is 4. The molecule has 0 radical (unpaired) electrons. The van der Waals surface area contributed by atoms with Crippen molar-refractivity contribution in [2.24, 2.45) is 5.73 Å². The molecule has 0 spiro atoms. The second kappa shape index (κ2) is 14.5. The molecule has 5 rings (SSSR count). The number of nitrogens with zero attached hydrogens (tertiary/aromatic N) is 5. The summed E-state index contributed by atoms with van der Waals surface area (Å²) in [4.78, 5) is 44.6. The predicted molar refractivity (Wildman–Crippen MR) is 143 cm³/mol. The van der Waals surface area contributed by atoms with Crippen molar-refractivity contribution in [3.63, 3.8) is 0 Å². The van der Waals surface area contributed by atoms with Gasteiger partial charge >= 0.3 is 67.0 Å². The van der Waals surface area contributed by atoms with Gasteiger partial charge in [0.15, 0.2) is 23.9 Å². The Bertz CT molecular complexity index is 1570. The van der Waals surface area contributed by atoms with Crippen LogP contribution in [0.1, 0.15) is 14.1 Å². The Kier molecular flexibility index (Phi) is 11.8. The number of phosphoric acid groups is 2. The fraction of sp³-hybridized carbons (Fsp3) is 0.524. The van der Waals surface area contributed by atoms with Gasteiger partial charge in [-0.05, 0) is 6.42 Å². The Hall–Kier alpha value is -1.24. The number of carbonyl (C=O) groups is 1. The van der Waals surface area contributed by atoms with Crippen LogP contribution < -0.4 is 62.9 Å². The van der Waals surface area contributed by atoms with Crippen LogP contribution in [0.5, 0.6) is 0 Å². The molecule has 5 heterocycles. The monoisotopic (exact) mass is 705 g/mol. The zero-order valence-corrected chi connectivity index (χ0v) is 28.3. The van der Waals surface area contributed by atoms with Gasteiger partial charge in [-0.2, -0.15) is 4.31 Å². The van der Waals surface area contributed by atoms with Crippen molar-refractivity contribution in [3.8, 4) is 0 Å². The van der Waals surface area contributed by atoms with Gasteiger partial charge < -0.3 is 57.5 Å². The summed E-state index contributed by atoms with van der Waals surface area (Å²) < 4.78 is 50.8. The number of nitrogens with two attached hydrogens (primary N) is 2. The molecule has 2 aromatic heterocycles. The summed E-state index contributed by atoms with van der Waals surface area (Å²) >= 11 is 0. The number of aromatic nitrogens is 4. The van der Waals surface area contributed by atoms with Crippen LogP contribution in [0.3, 0.4) is 0 Å². The van der Waals surface area contributed by atoms with Gasteiger partial charge in [-0.25, -0.2) is 24.1 Å². The number of aliphatic hydroxyl groups excluding tert-OH is 4. The van der Waals surface area contributed by atoms with Gasteiger partial charge in [0.2, 0.25) is 5.91 Å². The molecule has 1 amide bonds. The summed E-state index contributed by atoms with van der Waals surface area (Å²) in [5.41, 5.74) is 11.6. The zero-order valence-electron chi connectivity index (χ0n) is 24.4. The van der Waals surface area contributed by atoms with E-state index in [1.807, 2.05) is 0 Å². The quantitative estimate of drug-likeness (QED) is 0.0798. The van der Waals surface area contributed by atoms with Crippen LogP contribution in [0.4, 0.5) is 5.82 Å². The first-order chi connectivity index (χ1) is 20.7. The molecule has 0 aromatic carbocycles. The summed E-state index contributed by atoms with van der Waals surface area (Å²) in [5.74, 6) is -0.658. The molecule has 45 heavy (non-hydrogen) atoms. The number of allylic oxidation sites excluding steroid dienone is 1. The topological polar surface area (TPSA) is 318 Å². The first-order valence-corrected chi connectivity index (χ1v) is 15.7. The molecule has 0 aliphatic carbocycles. The predicted octanol–water partition coefficient (Wildman–Crippen LogP) is -5.57. The minimum Gasteiger partial charge on any atom is -1.00 e. The Morgan fingerprint density at radius 3 is 2.16 bits per heavy atom. The summed E-state index contributed by atoms with van der Waals surface area (Å²) in [6.45, 7) is -1.79. The smallest absolute Gasteiger partial charge is 1.00 e. The maximum absolute atomic E-state index is 12.4. The van der Waals surface area contributed by atoms with E-state index < -0.39 is 83.8 Å². The van der Waals surface area contributed by atoms with Crippen molar-refractivity contribution < 1.29 is 120 Å². The zero-order chi connectivity index (χ0) is 32.0. The van der Waals surface area contributed by atoms with Crippen LogP contribution in [-0.4, -0.2) is 117 Å². The normalized spacial score (nSPS) is 32.6. The fourth-order valence-electron chi connectivity index (χ4n) is 4.68. The van der Waals surface area contributed by atoms with Crippen molar-refractivity contribution in [2.45, 2.75) is 55.5 Å². The maximum Gasteiger partial charge on any atom is 1.00 e. The second-order valence-corrected chi connectivity index (χ2v) is 12.9. The van der Waals surface area contributed by atoms with Crippen molar-refractivity contribution in [3.05, 3.63) is 36.7 Å². The minimum absolute atomic E-state index is 0. The van der Waals surface area contributed by atoms with E-state index in [9.17, 15) is 44.1 Å². The van der Waals surface area contributed by atoms with Crippen LogP contribution in [0.2, 0.25) is 0 Å². The standard InChI is InChI=1S/C21H29N7O14P2.K.H/c22-17-12-19(25-7-24-17)28(8-26-12)21-16(32)14(30)11(41-21)6-39-44(36,37)42-43(34,35)38-5-10-13(29)15(31)20(40-10)27-3-1-2-9(4-27)18(23)33;;/h1,3-4,7-8,10-11,13-16,20-21,29-32H,2,5-6H2,(H2,23,33)(H,34,35)(H,36,37)(H2,22,24,25);;/q;+1;-1/t10-,11-,13-,14-,15-,16-,20-,21-;;/m1../s1. The van der Waals surface area contributed by atoms with Gasteiger partial charge in [-0.15, -0.1) is 0 Å². The molecule has 0 saturated carbocycles. The Labute approximate surface area is 297 Å². The molecule has 24 heteroatoms. The van der Waals surface area contributed by atoms with Crippen LogP contribution in [0, 0.1) is 0 Å². The van der Waals surface area contributed by atoms with E-state index in [-0.39, 0.29) is 81.8 Å². The van der Waals surface area contributed by atoms with Crippen LogP contribution >= 0.6 is 15.6 Å². The van der Waals surface area contributed by atoms with Crippen LogP contribution in [0.25, 0.3) is 11.2 Å². The van der Waals surface area contributed by atoms with Gasteiger partial charge in [0, 0.05) is 18.0 Å². The summed E-state index contributed by atoms with van der Waals surface area (Å²) in [6, 6.07) is 0. The van der Waals surface area contributed by atoms with E-state index in [0.29, 0.717) is 0 Å². The maximum atomic E-state index is 12.4. The average molecular weight is 706 g/mol. The van der Waals surface area contributed by atoms with Crippen LogP contribution in [-0.2, 0) is 36.8 Å². The Balaban J connectivity index is 0.00000288. The third-order valence-electron chi connectivity index (χ3n) is 6.88. The number of primary amides is 1. The molecule has 2 fully saturated rings. The molecular weight excluding hydrogens is 675 g/mol. The van der Waals surface area contributed by atoms with Gasteiger partial charge in [-0.1, -0.05) is 6.08 Å². The SMILES string of the molecule is NC(=O)C1=CN([C@@H]2O[C@H](COP(=O)(O)OP(=O)(O)OC[C@H]3O[C@@H](n4cnc5c(N)ncnc54)[C@H](O)[C@@H]3O)[C@@H](O)[C@H]2O)C=CC1.[H-].[K+]. The van der Waals surface area contributed by atoms with Crippen molar-refractivity contribution in [1.82, 2.24) is 24.4 Å². The molecule has 10 atom stereocenters. The molecule has 2 aromatic rings. The summed E-state index contributed by atoms with van der Waals surface area (Å²) in [5, 5.41) is 41.6. The molecule has 21 nitrogen and oxygen atoms in total. The number of carbonyl (C=O) groups excluding carboxylic acids is 1. The van der Waals surface area contributed by atoms with Gasteiger partial charge in [0.1, 0.15) is 48.5 Å². The number of nitrogen functional groups attached to an aromatic ring is 1. The number of hydrogen-bond donors (Lipinski definition) is 8. The third kappa shape index (κ3) is 8.08. The molecule has 3 aliphatic rings. The number of hydrogen-bond acceptors (Lipinski definition) is 17. The van der Waals surface area contributed by atoms with Crippen molar-refractivity contribution in [1.29, 1.82) is 0 Å². The van der Waals surface area contributed by atoms with Crippen molar-refractivity contribution in [2.75, 3.05) is 18.9 Å². The van der Waals surface area contributed by atoms with E-state index in [2.05, 4.69) is 19.3 Å². The van der Waals surface area contributed by atoms with Crippen LogP contribution in [0.15, 0.2) is 36.7 Å². The van der Waals surface area contributed by atoms with Gasteiger partial charge in [-0.3, -0.25) is 18.4 Å². The largest absolute Gasteiger partial charge is 1.00 e. The number of rotatable bonds is 11. The molecule has 2 saturated heterocycles. The molecule has 10 N–H and O–H groups in total. The van der Waals surface area contributed by atoms with E-state index in [0.717, 1.165) is 6.33 Å². The minimum atomic E-state index is -5.37. The molecule has 244 valence electrons. The number of amides is 1. The average Bonchev–Trinajstić information content (AvgIpc) is 3.61. The second-order valence-electron chi connectivity index (χ2n) is 9.84. The van der Waals surface area contributed by atoms with E-state index in [4.69, 9.17) is 30.0 Å². The number of phosphoric ester groups is 2. The summed E-state index contributed by atoms with van der Waals surface area (Å²) in [7, 11) is -10.7. The van der Waals surface area contributed by atoms with Gasteiger partial charge in [0.25, 0.3) is 0 Å². The first kappa shape index (κ1) is 36.6. The fourth-order valence-corrected chi connectivity index (χ4v) is 6.77. The van der Waals surface area contributed by atoms with E-state index in [1.165, 1.54) is 28.2 Å². The number of anilines is 1.